The molecule has 0 saturated heterocycles. The van der Waals surface area contributed by atoms with Crippen molar-refractivity contribution in [3.63, 3.8) is 0 Å². The van der Waals surface area contributed by atoms with Crippen LogP contribution in [0.1, 0.15) is 43.6 Å². The van der Waals surface area contributed by atoms with E-state index in [-0.39, 0.29) is 28.2 Å². The van der Waals surface area contributed by atoms with E-state index >= 15 is 0 Å². The maximum atomic E-state index is 11.7. The zero-order valence-corrected chi connectivity index (χ0v) is 17.5. The molecule has 0 atom stereocenters. The van der Waals surface area contributed by atoms with Gasteiger partial charge in [-0.1, -0.05) is 5.92 Å². The Morgan fingerprint density at radius 2 is 1.39 bits per heavy atom. The maximum absolute atomic E-state index is 11.7. The average molecular weight is 440 g/mol. The Morgan fingerprint density at radius 3 is 2.00 bits per heavy atom. The number of pyridine rings is 3. The minimum Gasteiger partial charge on any atom is -0.478 e. The summed E-state index contributed by atoms with van der Waals surface area (Å²) in [6, 6.07) is 8.76. The van der Waals surface area contributed by atoms with Crippen LogP contribution < -0.4 is 0 Å². The highest BCUT2D eigenvalue weighted by Crippen LogP contribution is 2.24. The van der Waals surface area contributed by atoms with E-state index < -0.39 is 11.9 Å². The molecule has 0 saturated carbocycles. The van der Waals surface area contributed by atoms with Crippen molar-refractivity contribution in [3.8, 4) is 34.6 Å². The molecule has 0 radical (unpaired) electrons. The van der Waals surface area contributed by atoms with E-state index in [9.17, 15) is 19.8 Å². The summed E-state index contributed by atoms with van der Waals surface area (Å²) in [5.74, 6) is 4.60. The van der Waals surface area contributed by atoms with Crippen molar-refractivity contribution in [2.75, 3.05) is 0 Å². The van der Waals surface area contributed by atoms with Gasteiger partial charge in [-0.25, -0.2) is 19.6 Å². The summed E-state index contributed by atoms with van der Waals surface area (Å²) in [6.07, 6.45) is 2.87. The van der Waals surface area contributed by atoms with Crippen LogP contribution in [-0.4, -0.2) is 42.1 Å². The zero-order chi connectivity index (χ0) is 23.5. The van der Waals surface area contributed by atoms with Crippen LogP contribution in [0.3, 0.4) is 0 Å². The molecule has 0 bridgehead atoms. The molecule has 4 rings (SSSR count). The first-order valence-corrected chi connectivity index (χ1v) is 9.68. The van der Waals surface area contributed by atoms with Crippen LogP contribution in [-0.2, 0) is 0 Å². The number of aromatic nitrogens is 4. The smallest absolute Gasteiger partial charge is 0.335 e. The highest BCUT2D eigenvalue weighted by Gasteiger charge is 2.14. The number of rotatable bonds is 4. The second-order valence-electron chi connectivity index (χ2n) is 6.99. The van der Waals surface area contributed by atoms with Crippen LogP contribution in [0.2, 0.25) is 0 Å². The van der Waals surface area contributed by atoms with Crippen molar-refractivity contribution in [1.82, 2.24) is 19.9 Å². The molecule has 0 aliphatic carbocycles. The molecule has 0 unspecified atom stereocenters. The fourth-order valence-corrected chi connectivity index (χ4v) is 3.04. The van der Waals surface area contributed by atoms with Crippen molar-refractivity contribution >= 4 is 11.9 Å². The second kappa shape index (κ2) is 8.72. The lowest BCUT2D eigenvalue weighted by Crippen LogP contribution is -2.02. The van der Waals surface area contributed by atoms with Crippen molar-refractivity contribution in [2.24, 2.45) is 0 Å². The summed E-state index contributed by atoms with van der Waals surface area (Å²) in [5, 5.41) is 18.8. The number of oxazole rings is 1. The third kappa shape index (κ3) is 4.75. The van der Waals surface area contributed by atoms with E-state index in [2.05, 4.69) is 31.8 Å². The Morgan fingerprint density at radius 1 is 0.788 bits per heavy atom. The Bertz CT molecular complexity index is 1460. The highest BCUT2D eigenvalue weighted by molar-refractivity contribution is 5.91. The predicted octanol–water partition coefficient (Wildman–Crippen LogP) is 3.61. The molecule has 33 heavy (non-hydrogen) atoms. The summed E-state index contributed by atoms with van der Waals surface area (Å²) in [6.45, 7) is 3.54. The number of hydrogen-bond acceptors (Lipinski definition) is 7. The number of nitrogens with zero attached hydrogens (tertiary/aromatic N) is 4. The Kier molecular flexibility index (Phi) is 5.66. The number of carboxylic acid groups (broad SMARTS) is 2. The van der Waals surface area contributed by atoms with Gasteiger partial charge < -0.3 is 14.6 Å². The minimum absolute atomic E-state index is 0.0115. The lowest BCUT2D eigenvalue weighted by atomic mass is 10.1. The topological polar surface area (TPSA) is 139 Å². The normalized spacial score (nSPS) is 10.4. The number of carboxylic acids is 2. The fourth-order valence-electron chi connectivity index (χ4n) is 3.04. The monoisotopic (exact) mass is 440 g/mol. The molecule has 0 aromatic carbocycles. The van der Waals surface area contributed by atoms with Crippen LogP contribution in [0.5, 0.6) is 0 Å². The first kappa shape index (κ1) is 21.4. The quantitative estimate of drug-likeness (QED) is 0.455. The standard InChI is InChI=1S/C24H16N4O5/c1-13-22(33-14(2)27-13)4-3-15-5-7-25-18(9-15)20-11-17(24(31)32)12-21(28-20)19-10-16(23(29)30)6-8-26-19/h5-12H,1-2H3,(H,29,30)(H,31,32). The molecule has 2 N–H and O–H groups in total. The summed E-state index contributed by atoms with van der Waals surface area (Å²) in [7, 11) is 0. The average Bonchev–Trinajstić information content (AvgIpc) is 3.14. The summed E-state index contributed by atoms with van der Waals surface area (Å²) >= 11 is 0. The SMILES string of the molecule is Cc1nc(C)c(C#Cc2ccnc(-c3cc(C(=O)O)cc(-c4cc(C(=O)O)ccn4)n3)c2)o1. The lowest BCUT2D eigenvalue weighted by molar-refractivity contribution is 0.0686. The molecule has 0 spiro atoms. The van der Waals surface area contributed by atoms with Gasteiger partial charge >= 0.3 is 11.9 Å². The Balaban J connectivity index is 1.77. The third-order valence-corrected chi connectivity index (χ3v) is 4.59. The lowest BCUT2D eigenvalue weighted by Gasteiger charge is -2.07. The second-order valence-corrected chi connectivity index (χ2v) is 6.99. The van der Waals surface area contributed by atoms with Gasteiger partial charge in [0.05, 0.1) is 39.6 Å². The van der Waals surface area contributed by atoms with E-state index in [1.54, 1.807) is 26.0 Å². The molecular formula is C24H16N4O5. The number of carbonyl (C=O) groups is 2. The Labute approximate surface area is 187 Å². The van der Waals surface area contributed by atoms with Gasteiger partial charge in [-0.15, -0.1) is 0 Å². The molecule has 0 fully saturated rings. The van der Waals surface area contributed by atoms with Gasteiger partial charge in [-0.3, -0.25) is 9.97 Å². The van der Waals surface area contributed by atoms with Crippen molar-refractivity contribution in [3.05, 3.63) is 82.8 Å². The zero-order valence-electron chi connectivity index (χ0n) is 17.5. The van der Waals surface area contributed by atoms with Gasteiger partial charge in [-0.2, -0.15) is 0 Å². The minimum atomic E-state index is -1.17. The predicted molar refractivity (Wildman–Crippen MR) is 117 cm³/mol. The molecule has 0 aliphatic rings. The van der Waals surface area contributed by atoms with Gasteiger partial charge in [0.1, 0.15) is 0 Å². The highest BCUT2D eigenvalue weighted by atomic mass is 16.4. The Hall–Kier alpha value is -4.84. The van der Waals surface area contributed by atoms with Crippen LogP contribution in [0.15, 0.2) is 53.2 Å². The van der Waals surface area contributed by atoms with E-state index in [1.807, 2.05) is 0 Å². The van der Waals surface area contributed by atoms with Gasteiger partial charge in [-0.05, 0) is 49.2 Å². The van der Waals surface area contributed by atoms with E-state index in [0.717, 1.165) is 0 Å². The molecule has 9 heteroatoms. The molecule has 4 heterocycles. The molecule has 0 aliphatic heterocycles. The van der Waals surface area contributed by atoms with E-state index in [4.69, 9.17) is 4.42 Å². The van der Waals surface area contributed by atoms with Crippen LogP contribution in [0.4, 0.5) is 0 Å². The number of aryl methyl sites for hydroxylation is 2. The molecule has 9 nitrogen and oxygen atoms in total. The number of hydrogen-bond donors (Lipinski definition) is 2. The van der Waals surface area contributed by atoms with Crippen LogP contribution in [0.25, 0.3) is 22.8 Å². The van der Waals surface area contributed by atoms with E-state index in [1.165, 1.54) is 36.7 Å². The van der Waals surface area contributed by atoms with E-state index in [0.29, 0.717) is 28.6 Å². The van der Waals surface area contributed by atoms with Gasteiger partial charge in [0.15, 0.2) is 5.89 Å². The largest absolute Gasteiger partial charge is 0.478 e. The van der Waals surface area contributed by atoms with Gasteiger partial charge in [0.25, 0.3) is 0 Å². The molecule has 0 amide bonds. The summed E-state index contributed by atoms with van der Waals surface area (Å²) in [4.78, 5) is 40.1. The molecular weight excluding hydrogens is 424 g/mol. The fraction of sp³-hybridized carbons (Fsp3) is 0.0833. The van der Waals surface area contributed by atoms with Crippen molar-refractivity contribution in [1.29, 1.82) is 0 Å². The first-order chi connectivity index (χ1) is 15.8. The van der Waals surface area contributed by atoms with Crippen LogP contribution in [0, 0.1) is 25.7 Å². The maximum Gasteiger partial charge on any atom is 0.335 e. The van der Waals surface area contributed by atoms with Gasteiger partial charge in [0.2, 0.25) is 5.76 Å². The summed E-state index contributed by atoms with van der Waals surface area (Å²) in [5.41, 5.74) is 2.38. The van der Waals surface area contributed by atoms with Crippen LogP contribution >= 0.6 is 0 Å². The van der Waals surface area contributed by atoms with Crippen molar-refractivity contribution in [2.45, 2.75) is 13.8 Å². The number of aromatic carboxylic acids is 2. The third-order valence-electron chi connectivity index (χ3n) is 4.59. The first-order valence-electron chi connectivity index (χ1n) is 9.68. The summed E-state index contributed by atoms with van der Waals surface area (Å²) < 4.78 is 5.46. The molecule has 162 valence electrons. The van der Waals surface area contributed by atoms with Gasteiger partial charge in [0, 0.05) is 24.9 Å². The van der Waals surface area contributed by atoms with Crippen molar-refractivity contribution < 1.29 is 24.2 Å². The molecule has 4 aromatic heterocycles. The molecule has 4 aromatic rings.